The van der Waals surface area contributed by atoms with Gasteiger partial charge in [-0.15, -0.1) is 0 Å². The van der Waals surface area contributed by atoms with Crippen LogP contribution in [0.5, 0.6) is 0 Å². The summed E-state index contributed by atoms with van der Waals surface area (Å²) in [6, 6.07) is 0. The van der Waals surface area contributed by atoms with Gasteiger partial charge in [-0.25, -0.2) is 4.79 Å². The highest BCUT2D eigenvalue weighted by atomic mass is 16.7. The van der Waals surface area contributed by atoms with Gasteiger partial charge in [-0.1, -0.05) is 0 Å². The van der Waals surface area contributed by atoms with Gasteiger partial charge in [-0.2, -0.15) is 0 Å². The number of ether oxygens (including phenoxy) is 3. The molecule has 0 aliphatic rings. The molecular weight excluding hydrogens is 152 g/mol. The van der Waals surface area contributed by atoms with E-state index in [1.165, 1.54) is 7.11 Å². The van der Waals surface area contributed by atoms with Crippen molar-refractivity contribution in [1.29, 1.82) is 0 Å². The second-order valence-corrected chi connectivity index (χ2v) is 1.83. The summed E-state index contributed by atoms with van der Waals surface area (Å²) < 4.78 is 13.1. The van der Waals surface area contributed by atoms with Crippen molar-refractivity contribution in [1.82, 2.24) is 0 Å². The summed E-state index contributed by atoms with van der Waals surface area (Å²) in [6.45, 7) is 2.83. The minimum atomic E-state index is -2.18. The minimum Gasteiger partial charge on any atom is -0.465 e. The molecule has 0 saturated heterocycles. The van der Waals surface area contributed by atoms with Gasteiger partial charge in [0.2, 0.25) is 0 Å². The van der Waals surface area contributed by atoms with Gasteiger partial charge in [0.15, 0.2) is 0 Å². The average Bonchev–Trinajstić information content (AvgIpc) is 1.99. The monoisotopic (exact) mass is 163 g/mol. The lowest BCUT2D eigenvalue weighted by molar-refractivity contribution is -0.230. The van der Waals surface area contributed by atoms with E-state index in [0.717, 1.165) is 7.11 Å². The maximum absolute atomic E-state index is 10.6. The molecule has 1 radical (unpaired) electrons. The number of methoxy groups -OCH3 is 2. The molecule has 0 bridgehead atoms. The summed E-state index contributed by atoms with van der Waals surface area (Å²) in [6.07, 6.45) is 0. The highest BCUT2D eigenvalue weighted by Gasteiger charge is 2.32. The van der Waals surface area contributed by atoms with Gasteiger partial charge in [-0.3, -0.25) is 0 Å². The molecule has 0 aliphatic carbocycles. The summed E-state index contributed by atoms with van der Waals surface area (Å²) in [5.74, 6) is -3.14. The van der Waals surface area contributed by atoms with Crippen LogP contribution in [0.2, 0.25) is 0 Å². The van der Waals surface area contributed by atoms with Crippen LogP contribution in [-0.2, 0) is 19.0 Å². The Kier molecular flexibility index (Phi) is 4.02. The molecule has 0 fully saturated rings. The van der Waals surface area contributed by atoms with Crippen molar-refractivity contribution in [3.63, 3.8) is 0 Å². The second-order valence-electron chi connectivity index (χ2n) is 1.83. The van der Waals surface area contributed by atoms with Crippen LogP contribution in [0.25, 0.3) is 0 Å². The Morgan fingerprint density at radius 1 is 1.64 bits per heavy atom. The van der Waals surface area contributed by atoms with E-state index in [1.54, 1.807) is 0 Å². The van der Waals surface area contributed by atoms with Crippen LogP contribution in [0.15, 0.2) is 0 Å². The largest absolute Gasteiger partial charge is 0.465 e. The van der Waals surface area contributed by atoms with E-state index in [-0.39, 0.29) is 6.79 Å². The molecule has 11 heavy (non-hydrogen) atoms. The highest BCUT2D eigenvalue weighted by Crippen LogP contribution is 2.06. The smallest absolute Gasteiger partial charge is 0.366 e. The van der Waals surface area contributed by atoms with E-state index in [2.05, 4.69) is 21.1 Å². The number of hydrogen-bond acceptors (Lipinski definition) is 5. The van der Waals surface area contributed by atoms with E-state index < -0.39 is 11.8 Å². The first-order valence-electron chi connectivity index (χ1n) is 2.83. The molecule has 0 rings (SSSR count). The van der Waals surface area contributed by atoms with Crippen LogP contribution in [0.3, 0.4) is 0 Å². The molecule has 0 spiro atoms. The first-order chi connectivity index (χ1) is 5.04. The molecule has 65 valence electrons. The van der Waals surface area contributed by atoms with Crippen LogP contribution < -0.4 is 0 Å². The van der Waals surface area contributed by atoms with E-state index in [9.17, 15) is 4.79 Å². The summed E-state index contributed by atoms with van der Waals surface area (Å²) in [7, 11) is 2.47. The molecule has 0 aromatic heterocycles. The Morgan fingerprint density at radius 3 is 2.55 bits per heavy atom. The van der Waals surface area contributed by atoms with Crippen LogP contribution in [-0.4, -0.2) is 37.9 Å². The SMILES string of the molecule is [CH2]C(O)(OCOC)C(=O)OC. The summed E-state index contributed by atoms with van der Waals surface area (Å²) in [4.78, 5) is 10.6. The van der Waals surface area contributed by atoms with E-state index in [0.29, 0.717) is 0 Å². The van der Waals surface area contributed by atoms with Gasteiger partial charge in [0.05, 0.1) is 7.11 Å². The number of carbonyl (C=O) groups excluding carboxylic acids is 1. The quantitative estimate of drug-likeness (QED) is 0.438. The molecule has 5 heteroatoms. The number of esters is 1. The van der Waals surface area contributed by atoms with Crippen molar-refractivity contribution in [3.8, 4) is 0 Å². The van der Waals surface area contributed by atoms with Gasteiger partial charge in [0.25, 0.3) is 5.79 Å². The van der Waals surface area contributed by atoms with E-state index in [4.69, 9.17) is 5.11 Å². The standard InChI is InChI=1S/C6H11O5/c1-6(8,5(7)10-3)11-4-9-2/h8H,1,4H2,2-3H3. The van der Waals surface area contributed by atoms with Crippen molar-refractivity contribution < 1.29 is 24.1 Å². The fourth-order valence-electron chi connectivity index (χ4n) is 0.375. The first kappa shape index (κ1) is 10.3. The van der Waals surface area contributed by atoms with Gasteiger partial charge in [-0.05, 0) is 0 Å². The maximum atomic E-state index is 10.6. The molecule has 0 aromatic carbocycles. The molecule has 0 aliphatic heterocycles. The normalized spacial score (nSPS) is 15.6. The minimum absolute atomic E-state index is 0.227. The zero-order chi connectivity index (χ0) is 8.91. The third-order valence-electron chi connectivity index (χ3n) is 0.920. The lowest BCUT2D eigenvalue weighted by Crippen LogP contribution is -2.40. The average molecular weight is 163 g/mol. The van der Waals surface area contributed by atoms with Crippen molar-refractivity contribution in [2.45, 2.75) is 5.79 Å². The van der Waals surface area contributed by atoms with Gasteiger partial charge >= 0.3 is 5.97 Å². The zero-order valence-corrected chi connectivity index (χ0v) is 6.49. The van der Waals surface area contributed by atoms with Gasteiger partial charge < -0.3 is 19.3 Å². The second kappa shape index (κ2) is 4.27. The molecule has 0 amide bonds. The van der Waals surface area contributed by atoms with Crippen molar-refractivity contribution in [2.75, 3.05) is 21.0 Å². The molecule has 0 aromatic rings. The predicted molar refractivity (Wildman–Crippen MR) is 35.3 cm³/mol. The van der Waals surface area contributed by atoms with Crippen LogP contribution in [0, 0.1) is 6.92 Å². The number of carbonyl (C=O) groups is 1. The van der Waals surface area contributed by atoms with Crippen LogP contribution in [0.4, 0.5) is 0 Å². The Labute approximate surface area is 64.9 Å². The summed E-state index contributed by atoms with van der Waals surface area (Å²) >= 11 is 0. The molecular formula is C6H11O5. The lowest BCUT2D eigenvalue weighted by Gasteiger charge is -2.19. The summed E-state index contributed by atoms with van der Waals surface area (Å²) in [5, 5.41) is 9.03. The van der Waals surface area contributed by atoms with Gasteiger partial charge in [0.1, 0.15) is 6.79 Å². The fourth-order valence-corrected chi connectivity index (χ4v) is 0.375. The van der Waals surface area contributed by atoms with Crippen LogP contribution in [0.1, 0.15) is 0 Å². The Balaban J connectivity index is 3.88. The van der Waals surface area contributed by atoms with Crippen molar-refractivity contribution >= 4 is 5.97 Å². The lowest BCUT2D eigenvalue weighted by atomic mass is 10.3. The van der Waals surface area contributed by atoms with Crippen molar-refractivity contribution in [2.24, 2.45) is 0 Å². The van der Waals surface area contributed by atoms with E-state index >= 15 is 0 Å². The van der Waals surface area contributed by atoms with E-state index in [1.807, 2.05) is 0 Å². The maximum Gasteiger partial charge on any atom is 0.366 e. The van der Waals surface area contributed by atoms with Crippen LogP contribution >= 0.6 is 0 Å². The Bertz CT molecular complexity index is 131. The highest BCUT2D eigenvalue weighted by molar-refractivity contribution is 5.78. The number of hydrogen-bond donors (Lipinski definition) is 1. The first-order valence-corrected chi connectivity index (χ1v) is 2.83. The Morgan fingerprint density at radius 2 is 2.18 bits per heavy atom. The molecule has 1 atom stereocenters. The third kappa shape index (κ3) is 3.31. The zero-order valence-electron chi connectivity index (χ0n) is 6.49. The fraction of sp³-hybridized carbons (Fsp3) is 0.667. The Hall–Kier alpha value is -0.650. The number of rotatable bonds is 4. The molecule has 5 nitrogen and oxygen atoms in total. The predicted octanol–water partition coefficient (Wildman–Crippen LogP) is -0.697. The number of aliphatic hydroxyl groups is 1. The molecule has 1 N–H and O–H groups in total. The molecule has 0 saturated carbocycles. The van der Waals surface area contributed by atoms with Crippen molar-refractivity contribution in [3.05, 3.63) is 6.92 Å². The summed E-state index contributed by atoms with van der Waals surface area (Å²) in [5.41, 5.74) is 0. The molecule has 1 unspecified atom stereocenters. The third-order valence-corrected chi connectivity index (χ3v) is 0.920. The molecule has 0 heterocycles. The topological polar surface area (TPSA) is 65.0 Å². The van der Waals surface area contributed by atoms with Gasteiger partial charge in [0, 0.05) is 14.0 Å².